The molecular weight excluding hydrogens is 793 g/mol. The quantitative estimate of drug-likeness (QED) is 0.0963. The van der Waals surface area contributed by atoms with Crippen LogP contribution in [0.15, 0.2) is 97.1 Å². The van der Waals surface area contributed by atoms with Crippen LogP contribution < -0.4 is 10.4 Å². The average molecular weight is 827 g/mol. The zero-order chi connectivity index (χ0) is 44.7. The molecule has 0 saturated carbocycles. The molecule has 290 valence electrons. The van der Waals surface area contributed by atoms with E-state index in [9.17, 15) is 21.0 Å². The molecule has 10 heteroatoms. The first-order valence-corrected chi connectivity index (χ1v) is 26.4. The van der Waals surface area contributed by atoms with Crippen LogP contribution in [0, 0.1) is 71.6 Å². The van der Waals surface area contributed by atoms with Crippen LogP contribution in [0.2, 0.25) is 39.3 Å². The molecular formula is C52H34N8Si2. The first-order chi connectivity index (χ1) is 29.6. The van der Waals surface area contributed by atoms with E-state index in [1.165, 1.54) is 22.5 Å². The standard InChI is InChI=1S/C52H34N8Si2/c1-57-37-21-31(27-53)19-35(23-37)45(29-55)49-42-26-43-44(25-41(42)46(30-56)47(49)33-11-15-39(16-12-33)61(5,6)7)52(60-4)48(34-13-17-40(18-14-34)62(8,9)10)50(43)51(59-3)36-20-32(28-54)22-38(24-36)58-2/h11-26H,5-10H3/b49-45+,51-50-. The van der Waals surface area contributed by atoms with Gasteiger partial charge in [0.15, 0.2) is 17.1 Å². The van der Waals surface area contributed by atoms with Crippen molar-refractivity contribution in [3.8, 4) is 24.3 Å². The highest BCUT2D eigenvalue weighted by molar-refractivity contribution is 6.89. The van der Waals surface area contributed by atoms with Crippen molar-refractivity contribution in [1.29, 1.82) is 21.0 Å². The molecule has 0 saturated heterocycles. The number of benzene rings is 5. The van der Waals surface area contributed by atoms with Gasteiger partial charge in [-0.15, -0.1) is 0 Å². The molecule has 5 aromatic carbocycles. The maximum absolute atomic E-state index is 11.1. The van der Waals surface area contributed by atoms with E-state index in [4.69, 9.17) is 26.3 Å². The van der Waals surface area contributed by atoms with Gasteiger partial charge in [-0.25, -0.2) is 19.4 Å². The van der Waals surface area contributed by atoms with E-state index in [1.807, 2.05) is 30.3 Å². The monoisotopic (exact) mass is 826 g/mol. The largest absolute Gasteiger partial charge is 0.238 e. The SMILES string of the molecule is [C-]#[N+]C1=C(c2ccc([Si](C)(C)C)cc2)/C(=C(\[N+]#[C-])c2cc(C#N)cc([N+]#[C-])c2)c2cc3c(cc21)C(C#N)=C(c1ccc([Si](C)(C)C)cc1)/C3=C(\C#N)c1cc(C#N)cc([N+]#[C-])c1. The normalized spacial score (nSPS) is 14.4. The van der Waals surface area contributed by atoms with E-state index in [1.54, 1.807) is 30.3 Å². The fourth-order valence-corrected chi connectivity index (χ4v) is 10.4. The summed E-state index contributed by atoms with van der Waals surface area (Å²) in [6.45, 7) is 46.3. The Kier molecular flexibility index (Phi) is 10.6. The van der Waals surface area contributed by atoms with Gasteiger partial charge in [-0.2, -0.15) is 21.0 Å². The molecule has 0 amide bonds. The van der Waals surface area contributed by atoms with Crippen LogP contribution in [0.4, 0.5) is 11.4 Å². The Labute approximate surface area is 364 Å². The summed E-state index contributed by atoms with van der Waals surface area (Å²) in [4.78, 5) is 15.3. The zero-order valence-corrected chi connectivity index (χ0v) is 36.8. The van der Waals surface area contributed by atoms with E-state index >= 15 is 0 Å². The number of hydrogen-bond donors (Lipinski definition) is 0. The lowest BCUT2D eigenvalue weighted by Crippen LogP contribution is -2.37. The lowest BCUT2D eigenvalue weighted by molar-refractivity contribution is 1.47. The van der Waals surface area contributed by atoms with Gasteiger partial charge in [0.2, 0.25) is 5.70 Å². The van der Waals surface area contributed by atoms with Crippen molar-refractivity contribution < 1.29 is 0 Å². The molecule has 0 aromatic heterocycles. The second-order valence-corrected chi connectivity index (χ2v) is 27.1. The third-order valence-electron chi connectivity index (χ3n) is 11.1. The summed E-state index contributed by atoms with van der Waals surface area (Å²) >= 11 is 0. The Balaban J connectivity index is 1.65. The van der Waals surface area contributed by atoms with Crippen LogP contribution in [0.5, 0.6) is 0 Å². The Hall–Kier alpha value is -8.59. The molecule has 7 rings (SSSR count). The third-order valence-corrected chi connectivity index (χ3v) is 15.3. The number of hydrogen-bond acceptors (Lipinski definition) is 4. The molecule has 0 heterocycles. The second-order valence-electron chi connectivity index (χ2n) is 17.0. The molecule has 8 nitrogen and oxygen atoms in total. The molecule has 0 radical (unpaired) electrons. The predicted molar refractivity (Wildman–Crippen MR) is 252 cm³/mol. The van der Waals surface area contributed by atoms with Gasteiger partial charge in [0, 0.05) is 27.8 Å². The molecule has 0 N–H and O–H groups in total. The van der Waals surface area contributed by atoms with E-state index in [2.05, 4.69) is 107 Å². The van der Waals surface area contributed by atoms with Crippen molar-refractivity contribution in [2.75, 3.05) is 0 Å². The van der Waals surface area contributed by atoms with Crippen LogP contribution in [0.3, 0.4) is 0 Å². The fraction of sp³-hybridized carbons (Fsp3) is 0.115. The minimum absolute atomic E-state index is 0.124. The third kappa shape index (κ3) is 7.13. The molecule has 2 aliphatic rings. The van der Waals surface area contributed by atoms with Crippen molar-refractivity contribution in [2.24, 2.45) is 0 Å². The number of allylic oxidation sites excluding steroid dienone is 6. The van der Waals surface area contributed by atoms with Gasteiger partial charge in [-0.3, -0.25) is 0 Å². The number of nitriles is 4. The molecule has 0 bridgehead atoms. The summed E-state index contributed by atoms with van der Waals surface area (Å²) in [6.07, 6.45) is 0. The van der Waals surface area contributed by atoms with Gasteiger partial charge in [0.05, 0.1) is 65.7 Å². The Bertz CT molecular complexity index is 3020. The van der Waals surface area contributed by atoms with Crippen molar-refractivity contribution >= 4 is 82.7 Å². The summed E-state index contributed by atoms with van der Waals surface area (Å²) in [5.41, 5.74) is 7.41. The van der Waals surface area contributed by atoms with E-state index < -0.39 is 16.1 Å². The van der Waals surface area contributed by atoms with Gasteiger partial charge >= 0.3 is 0 Å². The molecule has 0 atom stereocenters. The highest BCUT2D eigenvalue weighted by Gasteiger charge is 2.38. The van der Waals surface area contributed by atoms with Crippen LogP contribution in [0.1, 0.15) is 55.6 Å². The van der Waals surface area contributed by atoms with Crippen LogP contribution in [-0.4, -0.2) is 16.1 Å². The Morgan fingerprint density at radius 1 is 0.500 bits per heavy atom. The smallest absolute Gasteiger partial charge is 0.201 e. The van der Waals surface area contributed by atoms with Crippen molar-refractivity contribution in [1.82, 2.24) is 0 Å². The highest BCUT2D eigenvalue weighted by Crippen LogP contribution is 2.56. The summed E-state index contributed by atoms with van der Waals surface area (Å²) in [5, 5.41) is 44.6. The number of fused-ring (bicyclic) bond motifs is 2. The number of nitrogens with zero attached hydrogens (tertiary/aromatic N) is 8. The minimum Gasteiger partial charge on any atom is -0.238 e. The van der Waals surface area contributed by atoms with Gasteiger partial charge < -0.3 is 0 Å². The molecule has 0 fully saturated rings. The first kappa shape index (κ1) is 41.6. The number of rotatable bonds is 6. The first-order valence-electron chi connectivity index (χ1n) is 19.4. The average Bonchev–Trinajstić information content (AvgIpc) is 3.76. The van der Waals surface area contributed by atoms with Crippen molar-refractivity contribution in [3.05, 3.63) is 198 Å². The van der Waals surface area contributed by atoms with Gasteiger partial charge in [0.25, 0.3) is 0 Å². The second kappa shape index (κ2) is 15.9. The predicted octanol–water partition coefficient (Wildman–Crippen LogP) is 12.1. The fourth-order valence-electron chi connectivity index (χ4n) is 8.07. The van der Waals surface area contributed by atoms with Crippen LogP contribution in [0.25, 0.3) is 64.2 Å². The molecule has 0 aliphatic heterocycles. The lowest BCUT2D eigenvalue weighted by Gasteiger charge is -2.19. The molecule has 62 heavy (non-hydrogen) atoms. The van der Waals surface area contributed by atoms with Crippen LogP contribution in [-0.2, 0) is 0 Å². The maximum atomic E-state index is 11.1. The lowest BCUT2D eigenvalue weighted by atomic mass is 9.87. The van der Waals surface area contributed by atoms with E-state index in [0.29, 0.717) is 66.8 Å². The summed E-state index contributed by atoms with van der Waals surface area (Å²) in [6, 6.07) is 37.9. The Morgan fingerprint density at radius 3 is 1.44 bits per heavy atom. The molecule has 2 aliphatic carbocycles. The minimum atomic E-state index is -1.74. The summed E-state index contributed by atoms with van der Waals surface area (Å²) in [7, 11) is -3.47. The molecule has 0 spiro atoms. The zero-order valence-electron chi connectivity index (χ0n) is 34.8. The van der Waals surface area contributed by atoms with E-state index in [-0.39, 0.29) is 45.0 Å². The van der Waals surface area contributed by atoms with Crippen molar-refractivity contribution in [2.45, 2.75) is 39.3 Å². The van der Waals surface area contributed by atoms with Crippen LogP contribution >= 0.6 is 0 Å². The molecule has 0 unspecified atom stereocenters. The summed E-state index contributed by atoms with van der Waals surface area (Å²) in [5.74, 6) is 0. The van der Waals surface area contributed by atoms with Crippen molar-refractivity contribution in [3.63, 3.8) is 0 Å². The highest BCUT2D eigenvalue weighted by atomic mass is 28.3. The maximum Gasteiger partial charge on any atom is 0.201 e. The van der Waals surface area contributed by atoms with E-state index in [0.717, 1.165) is 0 Å². The Morgan fingerprint density at radius 2 is 0.984 bits per heavy atom. The van der Waals surface area contributed by atoms with Gasteiger partial charge in [-0.1, -0.05) is 116 Å². The topological polar surface area (TPSA) is 113 Å². The molecule has 5 aromatic rings. The van der Waals surface area contributed by atoms with Gasteiger partial charge in [0.1, 0.15) is 12.1 Å². The summed E-state index contributed by atoms with van der Waals surface area (Å²) < 4.78 is 0. The van der Waals surface area contributed by atoms with Gasteiger partial charge in [-0.05, 0) is 80.4 Å².